The van der Waals surface area contributed by atoms with E-state index in [2.05, 4.69) is 175 Å². The van der Waals surface area contributed by atoms with Crippen molar-refractivity contribution >= 4 is 60.3 Å². The summed E-state index contributed by atoms with van der Waals surface area (Å²) >= 11 is 0. The Kier molecular flexibility index (Phi) is 6.50. The van der Waals surface area contributed by atoms with Crippen molar-refractivity contribution in [3.8, 4) is 22.3 Å². The quantitative estimate of drug-likeness (QED) is 0.145. The zero-order valence-corrected chi connectivity index (χ0v) is 25.7. The van der Waals surface area contributed by atoms with Crippen molar-refractivity contribution in [3.63, 3.8) is 0 Å². The zero-order valence-electron chi connectivity index (χ0n) is 25.7. The van der Waals surface area contributed by atoms with E-state index >= 15 is 0 Å². The first-order valence-electron chi connectivity index (χ1n) is 16.1. The predicted octanol–water partition coefficient (Wildman–Crippen LogP) is 12.5. The topological polar surface area (TPSA) is 16.1 Å². The molecule has 0 aliphatic carbocycles. The number of fused-ring (bicyclic) bond motifs is 5. The Hall–Kier alpha value is -6.25. The van der Waals surface area contributed by atoms with E-state index in [1.807, 2.05) is 12.3 Å². The fourth-order valence-corrected chi connectivity index (χ4v) is 7.21. The predicted molar refractivity (Wildman–Crippen MR) is 200 cm³/mol. The van der Waals surface area contributed by atoms with E-state index in [1.54, 1.807) is 0 Å². The molecule has 0 spiro atoms. The van der Waals surface area contributed by atoms with Gasteiger partial charge < -0.3 is 0 Å². The Bertz CT molecular complexity index is 2510. The lowest BCUT2D eigenvalue weighted by atomic mass is 9.86. The first kappa shape index (κ1) is 27.1. The molecule has 0 aliphatic rings. The van der Waals surface area contributed by atoms with E-state index in [0.717, 1.165) is 22.8 Å². The third kappa shape index (κ3) is 4.54. The number of nitrogens with zero attached hydrogens (tertiary/aromatic N) is 2. The van der Waals surface area contributed by atoms with Gasteiger partial charge >= 0.3 is 0 Å². The third-order valence-electron chi connectivity index (χ3n) is 9.25. The molecule has 2 nitrogen and oxygen atoms in total. The molecule has 2 heteroatoms. The monoisotopic (exact) mass is 598 g/mol. The van der Waals surface area contributed by atoms with Crippen LogP contribution in [-0.4, -0.2) is 4.98 Å². The first-order chi connectivity index (χ1) is 23.3. The molecule has 8 aromatic carbocycles. The molecule has 0 bridgehead atoms. The average Bonchev–Trinajstić information content (AvgIpc) is 3.15. The van der Waals surface area contributed by atoms with Gasteiger partial charge in [0.05, 0.1) is 5.69 Å². The minimum absolute atomic E-state index is 0.872. The number of aromatic nitrogens is 1. The molecule has 0 saturated heterocycles. The van der Waals surface area contributed by atoms with Gasteiger partial charge in [0, 0.05) is 22.7 Å². The Morgan fingerprint density at radius 2 is 0.957 bits per heavy atom. The van der Waals surface area contributed by atoms with Crippen molar-refractivity contribution in [2.75, 3.05) is 4.90 Å². The maximum atomic E-state index is 4.93. The lowest BCUT2D eigenvalue weighted by Crippen LogP contribution is -2.13. The van der Waals surface area contributed by atoms with Crippen LogP contribution in [-0.2, 0) is 0 Å². The molecule has 0 fully saturated rings. The molecule has 1 heterocycles. The van der Waals surface area contributed by atoms with Crippen LogP contribution in [0.4, 0.5) is 17.2 Å². The third-order valence-corrected chi connectivity index (χ3v) is 9.25. The molecule has 9 aromatic rings. The lowest BCUT2D eigenvalue weighted by Gasteiger charge is -2.29. The van der Waals surface area contributed by atoms with E-state index in [0.29, 0.717) is 0 Å². The van der Waals surface area contributed by atoms with Crippen LogP contribution in [0.15, 0.2) is 182 Å². The smallest absolute Gasteiger partial charge is 0.137 e. The fraction of sp³-hybridized carbons (Fsp3) is 0. The number of anilines is 3. The largest absolute Gasteiger partial charge is 0.294 e. The molecule has 47 heavy (non-hydrogen) atoms. The van der Waals surface area contributed by atoms with Gasteiger partial charge in [-0.15, -0.1) is 0 Å². The van der Waals surface area contributed by atoms with Crippen LogP contribution in [0.2, 0.25) is 0 Å². The Morgan fingerprint density at radius 1 is 0.383 bits per heavy atom. The maximum Gasteiger partial charge on any atom is 0.137 e. The highest BCUT2D eigenvalue weighted by Crippen LogP contribution is 2.49. The number of rotatable bonds is 5. The highest BCUT2D eigenvalue weighted by Gasteiger charge is 2.24. The van der Waals surface area contributed by atoms with E-state index in [1.165, 1.54) is 59.8 Å². The van der Waals surface area contributed by atoms with Gasteiger partial charge in [0.15, 0.2) is 0 Å². The number of pyridine rings is 1. The average molecular weight is 599 g/mol. The SMILES string of the molecule is c1ccc(-c2cccc(N(c3ccccn3)c3c4ccccc4c(-c4cc5ccccc5c5ccccc45)c4ccccc34)c2)cc1. The van der Waals surface area contributed by atoms with Crippen LogP contribution < -0.4 is 4.90 Å². The Balaban J connectivity index is 1.40. The van der Waals surface area contributed by atoms with E-state index < -0.39 is 0 Å². The highest BCUT2D eigenvalue weighted by atomic mass is 15.2. The molecule has 0 unspecified atom stereocenters. The molecular formula is C45H30N2. The minimum Gasteiger partial charge on any atom is -0.294 e. The molecule has 0 aliphatic heterocycles. The molecule has 220 valence electrons. The summed E-state index contributed by atoms with van der Waals surface area (Å²) in [6.45, 7) is 0. The maximum absolute atomic E-state index is 4.93. The summed E-state index contributed by atoms with van der Waals surface area (Å²) in [5, 5.41) is 9.81. The second kappa shape index (κ2) is 11.3. The van der Waals surface area contributed by atoms with Gasteiger partial charge in [0.2, 0.25) is 0 Å². The second-order valence-corrected chi connectivity index (χ2v) is 11.9. The molecule has 0 radical (unpaired) electrons. The standard InChI is InChI=1S/C45H30N2/c1-2-15-31(16-3-1)32-18-14-19-34(29-32)47(43-27-12-13-28-46-43)45-40-25-10-8-23-38(40)44(39-24-9-11-26-41(39)45)42-30-33-17-4-5-20-35(33)36-21-6-7-22-37(36)42/h1-30H. The van der Waals surface area contributed by atoms with Crippen molar-refractivity contribution in [2.24, 2.45) is 0 Å². The molecule has 0 saturated carbocycles. The lowest BCUT2D eigenvalue weighted by molar-refractivity contribution is 1.19. The normalized spacial score (nSPS) is 11.4. The molecule has 0 amide bonds. The van der Waals surface area contributed by atoms with E-state index in [9.17, 15) is 0 Å². The van der Waals surface area contributed by atoms with E-state index in [4.69, 9.17) is 4.98 Å². The van der Waals surface area contributed by atoms with Gasteiger partial charge in [0.25, 0.3) is 0 Å². The van der Waals surface area contributed by atoms with Gasteiger partial charge in [-0.25, -0.2) is 4.98 Å². The molecule has 9 rings (SSSR count). The summed E-state index contributed by atoms with van der Waals surface area (Å²) in [7, 11) is 0. The van der Waals surface area contributed by atoms with Crippen molar-refractivity contribution in [3.05, 3.63) is 182 Å². The molecule has 1 aromatic heterocycles. The fourth-order valence-electron chi connectivity index (χ4n) is 7.21. The van der Waals surface area contributed by atoms with Crippen LogP contribution in [0.25, 0.3) is 65.3 Å². The summed E-state index contributed by atoms with van der Waals surface area (Å²) < 4.78 is 0. The number of benzene rings is 8. The van der Waals surface area contributed by atoms with Crippen LogP contribution >= 0.6 is 0 Å². The van der Waals surface area contributed by atoms with E-state index in [-0.39, 0.29) is 0 Å². The van der Waals surface area contributed by atoms with Crippen LogP contribution in [0, 0.1) is 0 Å². The van der Waals surface area contributed by atoms with Gasteiger partial charge in [-0.2, -0.15) is 0 Å². The second-order valence-electron chi connectivity index (χ2n) is 11.9. The van der Waals surface area contributed by atoms with Crippen molar-refractivity contribution in [1.29, 1.82) is 0 Å². The molecule has 0 atom stereocenters. The van der Waals surface area contributed by atoms with Gasteiger partial charge in [-0.3, -0.25) is 4.90 Å². The Labute approximate surface area is 273 Å². The number of hydrogen-bond acceptors (Lipinski definition) is 2. The van der Waals surface area contributed by atoms with Gasteiger partial charge in [0.1, 0.15) is 5.82 Å². The summed E-state index contributed by atoms with van der Waals surface area (Å²) in [6.07, 6.45) is 1.88. The minimum atomic E-state index is 0.872. The van der Waals surface area contributed by atoms with Crippen molar-refractivity contribution in [1.82, 2.24) is 4.98 Å². The Morgan fingerprint density at radius 3 is 1.66 bits per heavy atom. The van der Waals surface area contributed by atoms with Crippen LogP contribution in [0.5, 0.6) is 0 Å². The first-order valence-corrected chi connectivity index (χ1v) is 16.1. The zero-order chi connectivity index (χ0) is 31.2. The van der Waals surface area contributed by atoms with Crippen LogP contribution in [0.3, 0.4) is 0 Å². The summed E-state index contributed by atoms with van der Waals surface area (Å²) in [6, 6.07) is 63.2. The molecule has 0 N–H and O–H groups in total. The summed E-state index contributed by atoms with van der Waals surface area (Å²) in [5.41, 5.74) is 7.02. The van der Waals surface area contributed by atoms with Crippen molar-refractivity contribution < 1.29 is 0 Å². The van der Waals surface area contributed by atoms with Gasteiger partial charge in [-0.1, -0.05) is 146 Å². The van der Waals surface area contributed by atoms with Crippen molar-refractivity contribution in [2.45, 2.75) is 0 Å². The summed E-state index contributed by atoms with van der Waals surface area (Å²) in [5.74, 6) is 0.872. The number of hydrogen-bond donors (Lipinski definition) is 0. The summed E-state index contributed by atoms with van der Waals surface area (Å²) in [4.78, 5) is 7.26. The highest BCUT2D eigenvalue weighted by molar-refractivity contribution is 6.26. The molecular weight excluding hydrogens is 569 g/mol. The van der Waals surface area contributed by atoms with Crippen LogP contribution in [0.1, 0.15) is 0 Å². The van der Waals surface area contributed by atoms with Gasteiger partial charge in [-0.05, 0) is 84.9 Å².